The minimum absolute atomic E-state index is 0.00842. The molecule has 6 nitrogen and oxygen atoms in total. The summed E-state index contributed by atoms with van der Waals surface area (Å²) in [7, 11) is 0. The van der Waals surface area contributed by atoms with E-state index in [1.165, 1.54) is 11.1 Å². The van der Waals surface area contributed by atoms with Gasteiger partial charge in [-0.3, -0.25) is 0 Å². The number of rotatable bonds is 9. The van der Waals surface area contributed by atoms with Crippen molar-refractivity contribution in [2.45, 2.75) is 45.3 Å². The first-order chi connectivity index (χ1) is 17.2. The van der Waals surface area contributed by atoms with Crippen molar-refractivity contribution in [3.8, 4) is 0 Å². The summed E-state index contributed by atoms with van der Waals surface area (Å²) < 4.78 is 8.60. The van der Waals surface area contributed by atoms with Crippen LogP contribution in [-0.2, 0) is 4.74 Å². The summed E-state index contributed by atoms with van der Waals surface area (Å²) in [5, 5.41) is 8.15. The maximum absolute atomic E-state index is 6.69. The predicted octanol–water partition coefficient (Wildman–Crippen LogP) is 5.42. The predicted molar refractivity (Wildman–Crippen MR) is 141 cm³/mol. The quantitative estimate of drug-likeness (QED) is 0.332. The van der Waals surface area contributed by atoms with Gasteiger partial charge in [-0.15, -0.1) is 5.10 Å². The molecule has 0 unspecified atom stereocenters. The van der Waals surface area contributed by atoms with E-state index in [2.05, 4.69) is 87.9 Å². The number of anilines is 1. The van der Waals surface area contributed by atoms with E-state index in [-0.39, 0.29) is 12.2 Å². The molecule has 182 valence electrons. The molecule has 0 saturated carbocycles. The summed E-state index contributed by atoms with van der Waals surface area (Å²) >= 11 is 0. The molecule has 3 heterocycles. The lowest BCUT2D eigenvalue weighted by atomic mass is 10.00. The Kier molecular flexibility index (Phi) is 7.40. The molecule has 0 spiro atoms. The smallest absolute Gasteiger partial charge is 0.154 e. The number of hydrogen-bond acceptors (Lipinski definition) is 5. The summed E-state index contributed by atoms with van der Waals surface area (Å²) in [6.45, 7) is 8.24. The van der Waals surface area contributed by atoms with Crippen molar-refractivity contribution in [3.05, 3.63) is 95.3 Å². The highest BCUT2D eigenvalue weighted by Crippen LogP contribution is 2.30. The summed E-state index contributed by atoms with van der Waals surface area (Å²) in [4.78, 5) is 7.08. The van der Waals surface area contributed by atoms with Crippen LogP contribution >= 0.6 is 0 Å². The first kappa shape index (κ1) is 23.5. The van der Waals surface area contributed by atoms with E-state index in [4.69, 9.17) is 4.74 Å². The first-order valence-corrected chi connectivity index (χ1v) is 12.7. The van der Waals surface area contributed by atoms with Gasteiger partial charge < -0.3 is 15.0 Å². The summed E-state index contributed by atoms with van der Waals surface area (Å²) in [6, 6.07) is 25.2. The molecule has 5 rings (SSSR count). The Hall–Kier alpha value is -3.22. The van der Waals surface area contributed by atoms with Crippen molar-refractivity contribution in [3.63, 3.8) is 0 Å². The normalized spacial score (nSPS) is 15.2. The van der Waals surface area contributed by atoms with Gasteiger partial charge in [-0.2, -0.15) is 0 Å². The van der Waals surface area contributed by atoms with Crippen LogP contribution in [0.3, 0.4) is 0 Å². The number of nitrogens with zero attached hydrogens (tertiary/aromatic N) is 4. The van der Waals surface area contributed by atoms with Gasteiger partial charge in [-0.25, -0.2) is 9.50 Å². The van der Waals surface area contributed by atoms with E-state index in [1.54, 1.807) is 0 Å². The Morgan fingerprint density at radius 3 is 2.23 bits per heavy atom. The van der Waals surface area contributed by atoms with Crippen LogP contribution in [0.2, 0.25) is 0 Å². The third-order valence-electron chi connectivity index (χ3n) is 6.96. The van der Waals surface area contributed by atoms with Crippen molar-refractivity contribution in [1.82, 2.24) is 19.5 Å². The van der Waals surface area contributed by atoms with Crippen LogP contribution in [0.25, 0.3) is 5.65 Å². The average molecular weight is 470 g/mol. The minimum atomic E-state index is -0.00842. The lowest BCUT2D eigenvalue weighted by Crippen LogP contribution is -2.38. The SMILES string of the molecule is Cc1nc2ccc(NCCCN3CCC(OC(c4ccccc4)c4ccccc4)CC3)nn2c1C. The fourth-order valence-corrected chi connectivity index (χ4v) is 4.83. The number of aryl methyl sites for hydroxylation is 2. The van der Waals surface area contributed by atoms with Crippen LogP contribution in [0.4, 0.5) is 5.82 Å². The highest BCUT2D eigenvalue weighted by Gasteiger charge is 2.24. The van der Waals surface area contributed by atoms with Crippen LogP contribution in [0.15, 0.2) is 72.8 Å². The number of benzene rings is 2. The lowest BCUT2D eigenvalue weighted by Gasteiger charge is -2.34. The zero-order chi connectivity index (χ0) is 24.0. The number of piperidine rings is 1. The number of ether oxygens (including phenoxy) is 1. The first-order valence-electron chi connectivity index (χ1n) is 12.7. The van der Waals surface area contributed by atoms with Gasteiger partial charge >= 0.3 is 0 Å². The van der Waals surface area contributed by atoms with Crippen LogP contribution in [0.5, 0.6) is 0 Å². The van der Waals surface area contributed by atoms with Gasteiger partial charge in [-0.1, -0.05) is 60.7 Å². The Balaban J connectivity index is 1.09. The molecule has 0 bridgehead atoms. The highest BCUT2D eigenvalue weighted by molar-refractivity contribution is 5.46. The minimum Gasteiger partial charge on any atom is -0.369 e. The van der Waals surface area contributed by atoms with Crippen molar-refractivity contribution in [2.75, 3.05) is 31.5 Å². The maximum Gasteiger partial charge on any atom is 0.154 e. The zero-order valence-corrected chi connectivity index (χ0v) is 20.7. The summed E-state index contributed by atoms with van der Waals surface area (Å²) in [5.74, 6) is 0.901. The second-order valence-electron chi connectivity index (χ2n) is 9.43. The number of hydrogen-bond donors (Lipinski definition) is 1. The number of nitrogens with one attached hydrogen (secondary N) is 1. The van der Waals surface area contributed by atoms with Gasteiger partial charge in [0.1, 0.15) is 11.9 Å². The van der Waals surface area contributed by atoms with Crippen LogP contribution in [0, 0.1) is 13.8 Å². The van der Waals surface area contributed by atoms with E-state index < -0.39 is 0 Å². The molecule has 1 aliphatic heterocycles. The van der Waals surface area contributed by atoms with Crippen molar-refractivity contribution < 1.29 is 4.74 Å². The van der Waals surface area contributed by atoms with Crippen molar-refractivity contribution in [1.29, 1.82) is 0 Å². The van der Waals surface area contributed by atoms with E-state index in [0.717, 1.165) is 68.3 Å². The summed E-state index contributed by atoms with van der Waals surface area (Å²) in [6.07, 6.45) is 3.50. The molecule has 0 amide bonds. The second kappa shape index (κ2) is 11.0. The van der Waals surface area contributed by atoms with Gasteiger partial charge in [0.2, 0.25) is 0 Å². The van der Waals surface area contributed by atoms with E-state index in [0.29, 0.717) is 0 Å². The van der Waals surface area contributed by atoms with Crippen molar-refractivity contribution in [2.24, 2.45) is 0 Å². The average Bonchev–Trinajstić information content (AvgIpc) is 3.19. The Labute approximate surface area is 208 Å². The molecule has 0 atom stereocenters. The third kappa shape index (κ3) is 5.72. The van der Waals surface area contributed by atoms with E-state index in [9.17, 15) is 0 Å². The molecule has 35 heavy (non-hydrogen) atoms. The standard InChI is InChI=1S/C29H35N5O/c1-22-23(2)34-28(31-22)15-14-27(32-34)30-18-9-19-33-20-16-26(17-21-33)35-29(24-10-5-3-6-11-24)25-12-7-4-8-13-25/h3-8,10-15,26,29H,9,16-21H2,1-2H3,(H,30,32). The topological polar surface area (TPSA) is 54.7 Å². The fourth-order valence-electron chi connectivity index (χ4n) is 4.83. The Bertz CT molecular complexity index is 1180. The largest absolute Gasteiger partial charge is 0.369 e. The summed E-state index contributed by atoms with van der Waals surface area (Å²) in [5.41, 5.74) is 5.47. The Morgan fingerprint density at radius 2 is 1.57 bits per heavy atom. The maximum atomic E-state index is 6.69. The van der Waals surface area contributed by atoms with E-state index >= 15 is 0 Å². The number of imidazole rings is 1. The fraction of sp³-hybridized carbons (Fsp3) is 0.379. The highest BCUT2D eigenvalue weighted by atomic mass is 16.5. The molecule has 2 aromatic carbocycles. The number of likely N-dealkylation sites (tertiary alicyclic amines) is 1. The van der Waals surface area contributed by atoms with Crippen LogP contribution in [-0.4, -0.2) is 51.8 Å². The van der Waals surface area contributed by atoms with Gasteiger partial charge in [0.25, 0.3) is 0 Å². The molecule has 0 radical (unpaired) electrons. The second-order valence-corrected chi connectivity index (χ2v) is 9.43. The van der Waals surface area contributed by atoms with Gasteiger partial charge in [0.05, 0.1) is 17.5 Å². The third-order valence-corrected chi connectivity index (χ3v) is 6.96. The molecular formula is C29H35N5O. The molecule has 1 fully saturated rings. The molecule has 2 aromatic heterocycles. The monoisotopic (exact) mass is 469 g/mol. The van der Waals surface area contributed by atoms with E-state index in [1.807, 2.05) is 23.6 Å². The van der Waals surface area contributed by atoms with Gasteiger partial charge in [0.15, 0.2) is 5.65 Å². The molecule has 6 heteroatoms. The molecular weight excluding hydrogens is 434 g/mol. The molecule has 0 aliphatic carbocycles. The molecule has 1 aliphatic rings. The molecule has 1 N–H and O–H groups in total. The number of fused-ring (bicyclic) bond motifs is 1. The van der Waals surface area contributed by atoms with Gasteiger partial charge in [-0.05, 0) is 62.9 Å². The zero-order valence-electron chi connectivity index (χ0n) is 20.7. The van der Waals surface area contributed by atoms with Crippen molar-refractivity contribution >= 4 is 11.5 Å². The van der Waals surface area contributed by atoms with Gasteiger partial charge in [0, 0.05) is 19.6 Å². The number of aromatic nitrogens is 3. The van der Waals surface area contributed by atoms with Crippen LogP contribution in [0.1, 0.15) is 47.9 Å². The lowest BCUT2D eigenvalue weighted by molar-refractivity contribution is -0.0269. The Morgan fingerprint density at radius 1 is 0.914 bits per heavy atom. The molecule has 4 aromatic rings. The van der Waals surface area contributed by atoms with Crippen LogP contribution < -0.4 is 5.32 Å². The molecule has 1 saturated heterocycles.